The molecule has 0 spiro atoms. The van der Waals surface area contributed by atoms with Crippen LogP contribution in [-0.2, 0) is 6.54 Å². The maximum Gasteiger partial charge on any atom is 0.252 e. The Labute approximate surface area is 110 Å². The molecule has 0 fully saturated rings. The zero-order valence-corrected chi connectivity index (χ0v) is 10.6. The summed E-state index contributed by atoms with van der Waals surface area (Å²) in [6, 6.07) is 7.12. The molecule has 94 valence electrons. The maximum absolute atomic E-state index is 11.6. The number of carbonyl (C=O) groups excluding carboxylic acids is 1. The highest BCUT2D eigenvalue weighted by Gasteiger charge is 2.09. The van der Waals surface area contributed by atoms with Crippen molar-refractivity contribution >= 4 is 23.2 Å². The second-order valence-electron chi connectivity index (χ2n) is 3.71. The minimum atomic E-state index is -0.204. The Bertz CT molecular complexity index is 539. The highest BCUT2D eigenvalue weighted by Crippen LogP contribution is 2.20. The zero-order valence-electron chi connectivity index (χ0n) is 9.83. The van der Waals surface area contributed by atoms with Gasteiger partial charge in [-0.25, -0.2) is 0 Å². The second-order valence-corrected chi connectivity index (χ2v) is 4.12. The van der Waals surface area contributed by atoms with E-state index >= 15 is 0 Å². The number of H-pyrrole nitrogens is 1. The van der Waals surface area contributed by atoms with Crippen LogP contribution in [0, 0.1) is 0 Å². The number of hydrogen-bond acceptors (Lipinski definition) is 3. The van der Waals surface area contributed by atoms with Gasteiger partial charge in [-0.15, -0.1) is 0 Å². The largest absolute Gasteiger partial charge is 0.379 e. The Morgan fingerprint density at radius 3 is 2.94 bits per heavy atom. The van der Waals surface area contributed by atoms with E-state index in [1.165, 1.54) is 0 Å². The Morgan fingerprint density at radius 2 is 2.28 bits per heavy atom. The SMILES string of the molecule is CNC(=O)c1cc(NCc2ccn[nH]2)ccc1Cl. The minimum Gasteiger partial charge on any atom is -0.379 e. The van der Waals surface area contributed by atoms with Crippen LogP contribution >= 0.6 is 11.6 Å². The topological polar surface area (TPSA) is 69.8 Å². The lowest BCUT2D eigenvalue weighted by atomic mass is 10.2. The maximum atomic E-state index is 11.6. The molecule has 2 aromatic rings. The monoisotopic (exact) mass is 264 g/mol. The standard InChI is InChI=1S/C12H13ClN4O/c1-14-12(18)10-6-8(2-3-11(10)13)15-7-9-4-5-16-17-9/h2-6,15H,7H2,1H3,(H,14,18)(H,16,17). The van der Waals surface area contributed by atoms with E-state index in [1.54, 1.807) is 25.4 Å². The molecule has 3 N–H and O–H groups in total. The smallest absolute Gasteiger partial charge is 0.252 e. The van der Waals surface area contributed by atoms with Crippen LogP contribution < -0.4 is 10.6 Å². The number of amides is 1. The van der Waals surface area contributed by atoms with Gasteiger partial charge >= 0.3 is 0 Å². The molecule has 0 saturated heterocycles. The summed E-state index contributed by atoms with van der Waals surface area (Å²) in [5.41, 5.74) is 2.24. The van der Waals surface area contributed by atoms with Crippen LogP contribution in [0.25, 0.3) is 0 Å². The number of halogens is 1. The first kappa shape index (κ1) is 12.4. The lowest BCUT2D eigenvalue weighted by Crippen LogP contribution is -2.18. The summed E-state index contributed by atoms with van der Waals surface area (Å²) >= 11 is 5.96. The number of aromatic nitrogens is 2. The second kappa shape index (κ2) is 5.55. The van der Waals surface area contributed by atoms with E-state index in [0.29, 0.717) is 17.1 Å². The third-order valence-corrected chi connectivity index (χ3v) is 2.81. The van der Waals surface area contributed by atoms with Gasteiger partial charge in [-0.05, 0) is 24.3 Å². The van der Waals surface area contributed by atoms with Gasteiger partial charge in [-0.1, -0.05) is 11.6 Å². The summed E-state index contributed by atoms with van der Waals surface area (Å²) in [6.07, 6.45) is 1.69. The molecule has 0 aliphatic rings. The molecule has 5 nitrogen and oxygen atoms in total. The fourth-order valence-corrected chi connectivity index (χ4v) is 1.73. The molecular formula is C12H13ClN4O. The molecule has 1 aromatic carbocycles. The Kier molecular flexibility index (Phi) is 3.84. The average Bonchev–Trinajstić information content (AvgIpc) is 2.90. The molecule has 0 aliphatic carbocycles. The molecule has 0 bridgehead atoms. The van der Waals surface area contributed by atoms with Gasteiger partial charge < -0.3 is 10.6 Å². The molecular weight excluding hydrogens is 252 g/mol. The predicted molar refractivity (Wildman–Crippen MR) is 70.8 cm³/mol. The van der Waals surface area contributed by atoms with E-state index in [2.05, 4.69) is 20.8 Å². The molecule has 0 atom stereocenters. The van der Waals surface area contributed by atoms with Gasteiger partial charge in [-0.3, -0.25) is 9.89 Å². The molecule has 18 heavy (non-hydrogen) atoms. The number of benzene rings is 1. The van der Waals surface area contributed by atoms with Crippen molar-refractivity contribution in [3.8, 4) is 0 Å². The van der Waals surface area contributed by atoms with E-state index in [9.17, 15) is 4.79 Å². The average molecular weight is 265 g/mol. The van der Waals surface area contributed by atoms with Gasteiger partial charge in [0.25, 0.3) is 5.91 Å². The van der Waals surface area contributed by atoms with Crippen molar-refractivity contribution in [3.63, 3.8) is 0 Å². The first-order valence-corrected chi connectivity index (χ1v) is 5.82. The van der Waals surface area contributed by atoms with Gasteiger partial charge in [0.15, 0.2) is 0 Å². The summed E-state index contributed by atoms with van der Waals surface area (Å²) in [5, 5.41) is 12.9. The molecule has 1 heterocycles. The van der Waals surface area contributed by atoms with Crippen molar-refractivity contribution in [1.82, 2.24) is 15.5 Å². The number of nitrogens with one attached hydrogen (secondary N) is 3. The van der Waals surface area contributed by atoms with Crippen LogP contribution in [0.15, 0.2) is 30.5 Å². The van der Waals surface area contributed by atoms with Crippen LogP contribution in [0.4, 0.5) is 5.69 Å². The summed E-state index contributed by atoms with van der Waals surface area (Å²) in [7, 11) is 1.57. The van der Waals surface area contributed by atoms with Crippen molar-refractivity contribution in [3.05, 3.63) is 46.7 Å². The number of hydrogen-bond donors (Lipinski definition) is 3. The molecule has 6 heteroatoms. The Hall–Kier alpha value is -2.01. The van der Waals surface area contributed by atoms with Crippen LogP contribution in [0.3, 0.4) is 0 Å². The minimum absolute atomic E-state index is 0.204. The van der Waals surface area contributed by atoms with E-state index in [4.69, 9.17) is 11.6 Å². The summed E-state index contributed by atoms with van der Waals surface area (Å²) in [6.45, 7) is 0.606. The van der Waals surface area contributed by atoms with Crippen LogP contribution in [0.5, 0.6) is 0 Å². The zero-order chi connectivity index (χ0) is 13.0. The van der Waals surface area contributed by atoms with E-state index < -0.39 is 0 Å². The Balaban J connectivity index is 2.12. The lowest BCUT2D eigenvalue weighted by molar-refractivity contribution is 0.0963. The van der Waals surface area contributed by atoms with Gasteiger partial charge in [-0.2, -0.15) is 5.10 Å². The van der Waals surface area contributed by atoms with E-state index in [1.807, 2.05) is 12.1 Å². The molecule has 1 amide bonds. The van der Waals surface area contributed by atoms with Gasteiger partial charge in [0, 0.05) is 18.9 Å². The molecule has 0 saturated carbocycles. The van der Waals surface area contributed by atoms with Crippen molar-refractivity contribution in [1.29, 1.82) is 0 Å². The molecule has 2 rings (SSSR count). The summed E-state index contributed by atoms with van der Waals surface area (Å²) in [5.74, 6) is -0.204. The quantitative estimate of drug-likeness (QED) is 0.791. The van der Waals surface area contributed by atoms with Gasteiger partial charge in [0.2, 0.25) is 0 Å². The summed E-state index contributed by atoms with van der Waals surface area (Å²) in [4.78, 5) is 11.6. The van der Waals surface area contributed by atoms with Crippen LogP contribution in [0.1, 0.15) is 16.1 Å². The van der Waals surface area contributed by atoms with Crippen molar-refractivity contribution < 1.29 is 4.79 Å². The van der Waals surface area contributed by atoms with Crippen LogP contribution in [0.2, 0.25) is 5.02 Å². The fourth-order valence-electron chi connectivity index (χ4n) is 1.52. The third-order valence-electron chi connectivity index (χ3n) is 2.48. The highest BCUT2D eigenvalue weighted by atomic mass is 35.5. The molecule has 0 aliphatic heterocycles. The number of aromatic amines is 1. The first-order chi connectivity index (χ1) is 8.70. The number of anilines is 1. The fraction of sp³-hybridized carbons (Fsp3) is 0.167. The van der Waals surface area contributed by atoms with Crippen LogP contribution in [-0.4, -0.2) is 23.2 Å². The molecule has 0 unspecified atom stereocenters. The van der Waals surface area contributed by atoms with Gasteiger partial charge in [0.05, 0.1) is 22.8 Å². The molecule has 1 aromatic heterocycles. The Morgan fingerprint density at radius 1 is 1.44 bits per heavy atom. The lowest BCUT2D eigenvalue weighted by Gasteiger charge is -2.08. The predicted octanol–water partition coefficient (Wildman–Crippen LogP) is 2.03. The van der Waals surface area contributed by atoms with Crippen molar-refractivity contribution in [2.75, 3.05) is 12.4 Å². The van der Waals surface area contributed by atoms with E-state index in [0.717, 1.165) is 11.4 Å². The van der Waals surface area contributed by atoms with E-state index in [-0.39, 0.29) is 5.91 Å². The number of nitrogens with zero attached hydrogens (tertiary/aromatic N) is 1. The summed E-state index contributed by atoms with van der Waals surface area (Å²) < 4.78 is 0. The van der Waals surface area contributed by atoms with Crippen molar-refractivity contribution in [2.24, 2.45) is 0 Å². The highest BCUT2D eigenvalue weighted by molar-refractivity contribution is 6.34. The first-order valence-electron chi connectivity index (χ1n) is 5.44. The normalized spacial score (nSPS) is 10.1. The van der Waals surface area contributed by atoms with Gasteiger partial charge in [0.1, 0.15) is 0 Å². The molecule has 0 radical (unpaired) electrons. The number of rotatable bonds is 4. The third kappa shape index (κ3) is 2.81. The number of carbonyl (C=O) groups is 1. The van der Waals surface area contributed by atoms with Crippen molar-refractivity contribution in [2.45, 2.75) is 6.54 Å².